The zero-order valence-corrected chi connectivity index (χ0v) is 17.1. The van der Waals surface area contributed by atoms with Gasteiger partial charge in [-0.25, -0.2) is 4.39 Å². The van der Waals surface area contributed by atoms with E-state index in [4.69, 9.17) is 9.94 Å². The third-order valence-corrected chi connectivity index (χ3v) is 5.40. The largest absolute Gasteiger partial charge is 0.481 e. The fourth-order valence-electron chi connectivity index (χ4n) is 3.21. The number of carboxylic acid groups (broad SMARTS) is 1. The van der Waals surface area contributed by atoms with Crippen molar-refractivity contribution in [2.24, 2.45) is 5.16 Å². The van der Waals surface area contributed by atoms with Crippen LogP contribution in [-0.4, -0.2) is 30.2 Å². The minimum atomic E-state index is -0.947. The summed E-state index contributed by atoms with van der Waals surface area (Å²) in [5, 5.41) is 12.2. The Hall–Kier alpha value is -2.86. The molecule has 0 aromatic heterocycles. The van der Waals surface area contributed by atoms with Crippen molar-refractivity contribution in [1.29, 1.82) is 0 Å². The molecule has 29 heavy (non-hydrogen) atoms. The Kier molecular flexibility index (Phi) is 6.88. The third kappa shape index (κ3) is 5.15. The molecule has 4 nitrogen and oxygen atoms in total. The SMILES string of the molecule is CSc1cc(C)c(/C=C2/C=C(CCON=CCC(=O)O)c3ccccc32)cc1F. The van der Waals surface area contributed by atoms with Crippen LogP contribution in [0.5, 0.6) is 0 Å². The number of hydrogen-bond acceptors (Lipinski definition) is 4. The van der Waals surface area contributed by atoms with Crippen molar-refractivity contribution in [2.75, 3.05) is 12.9 Å². The number of hydrogen-bond donors (Lipinski definition) is 1. The Morgan fingerprint density at radius 2 is 2.03 bits per heavy atom. The maximum atomic E-state index is 14.3. The second kappa shape index (κ2) is 9.56. The molecule has 0 atom stereocenters. The van der Waals surface area contributed by atoms with Crippen LogP contribution in [0.25, 0.3) is 17.2 Å². The van der Waals surface area contributed by atoms with Gasteiger partial charge in [-0.3, -0.25) is 4.79 Å². The van der Waals surface area contributed by atoms with Gasteiger partial charge in [0.05, 0.1) is 12.6 Å². The van der Waals surface area contributed by atoms with Crippen molar-refractivity contribution in [2.45, 2.75) is 24.7 Å². The van der Waals surface area contributed by atoms with Gasteiger partial charge in [-0.2, -0.15) is 0 Å². The summed E-state index contributed by atoms with van der Waals surface area (Å²) in [4.78, 5) is 16.3. The average molecular weight is 411 g/mol. The first-order chi connectivity index (χ1) is 14.0. The lowest BCUT2D eigenvalue weighted by Gasteiger charge is -2.07. The highest BCUT2D eigenvalue weighted by Crippen LogP contribution is 2.38. The Morgan fingerprint density at radius 3 is 2.76 bits per heavy atom. The normalized spacial score (nSPS) is 14.3. The number of benzene rings is 2. The molecule has 0 saturated carbocycles. The summed E-state index contributed by atoms with van der Waals surface area (Å²) in [6.45, 7) is 2.33. The molecule has 0 unspecified atom stereocenters. The molecule has 0 bridgehead atoms. The van der Waals surface area contributed by atoms with Crippen LogP contribution in [0.2, 0.25) is 0 Å². The lowest BCUT2D eigenvalue weighted by Crippen LogP contribution is -1.96. The molecule has 0 fully saturated rings. The fraction of sp³-hybridized carbons (Fsp3) is 0.217. The molecule has 150 valence electrons. The monoisotopic (exact) mass is 411 g/mol. The summed E-state index contributed by atoms with van der Waals surface area (Å²) in [7, 11) is 0. The summed E-state index contributed by atoms with van der Waals surface area (Å²) in [5.74, 6) is -1.16. The Labute approximate surface area is 173 Å². The van der Waals surface area contributed by atoms with E-state index in [-0.39, 0.29) is 12.2 Å². The van der Waals surface area contributed by atoms with Crippen molar-refractivity contribution >= 4 is 41.2 Å². The van der Waals surface area contributed by atoms with E-state index in [2.05, 4.69) is 23.4 Å². The lowest BCUT2D eigenvalue weighted by atomic mass is 10.0. The van der Waals surface area contributed by atoms with Crippen LogP contribution in [0.1, 0.15) is 35.1 Å². The summed E-state index contributed by atoms with van der Waals surface area (Å²) in [5.41, 5.74) is 6.25. The minimum absolute atomic E-state index is 0.163. The number of carboxylic acids is 1. The molecule has 1 aliphatic carbocycles. The highest BCUT2D eigenvalue weighted by Gasteiger charge is 2.18. The average Bonchev–Trinajstić information content (AvgIpc) is 3.04. The van der Waals surface area contributed by atoms with Crippen LogP contribution in [0.3, 0.4) is 0 Å². The molecule has 0 heterocycles. The minimum Gasteiger partial charge on any atom is -0.481 e. The predicted molar refractivity (Wildman–Crippen MR) is 117 cm³/mol. The molecular weight excluding hydrogens is 389 g/mol. The van der Waals surface area contributed by atoms with E-state index in [0.29, 0.717) is 17.9 Å². The van der Waals surface area contributed by atoms with Gasteiger partial charge in [-0.1, -0.05) is 35.5 Å². The van der Waals surface area contributed by atoms with E-state index >= 15 is 0 Å². The first-order valence-electron chi connectivity index (χ1n) is 9.21. The van der Waals surface area contributed by atoms with Crippen LogP contribution in [0, 0.1) is 12.7 Å². The Morgan fingerprint density at radius 1 is 1.28 bits per heavy atom. The molecule has 0 aliphatic heterocycles. The number of halogens is 1. The summed E-state index contributed by atoms with van der Waals surface area (Å²) >= 11 is 1.40. The molecule has 0 spiro atoms. The van der Waals surface area contributed by atoms with Crippen LogP contribution < -0.4 is 0 Å². The van der Waals surface area contributed by atoms with Gasteiger partial charge in [0.2, 0.25) is 0 Å². The number of aliphatic carboxylic acids is 1. The summed E-state index contributed by atoms with van der Waals surface area (Å²) in [6.07, 6.45) is 7.68. The van der Waals surface area contributed by atoms with Crippen molar-refractivity contribution in [3.8, 4) is 0 Å². The van der Waals surface area contributed by atoms with Gasteiger partial charge in [0.25, 0.3) is 0 Å². The molecule has 1 N–H and O–H groups in total. The van der Waals surface area contributed by atoms with E-state index in [1.165, 1.54) is 18.0 Å². The number of oxime groups is 1. The number of rotatable bonds is 8. The number of allylic oxidation sites excluding steroid dienone is 2. The van der Waals surface area contributed by atoms with Crippen molar-refractivity contribution in [1.82, 2.24) is 0 Å². The number of fused-ring (bicyclic) bond motifs is 1. The van der Waals surface area contributed by atoms with Crippen LogP contribution in [-0.2, 0) is 9.63 Å². The molecular formula is C23H22FNO3S. The van der Waals surface area contributed by atoms with E-state index in [9.17, 15) is 9.18 Å². The number of nitrogens with zero attached hydrogens (tertiary/aromatic N) is 1. The standard InChI is InChI=1S/C23H22FNO3S/c1-15-11-22(29-2)21(24)14-17(15)13-18-12-16(19-5-3-4-6-20(18)19)8-10-28-25-9-7-23(26)27/h3-6,9,11-14H,7-8,10H2,1-2H3,(H,26,27)/b18-13-,25-9?. The third-order valence-electron chi connectivity index (χ3n) is 4.64. The van der Waals surface area contributed by atoms with Crippen LogP contribution >= 0.6 is 11.8 Å². The second-order valence-corrected chi connectivity index (χ2v) is 7.48. The maximum absolute atomic E-state index is 14.3. The Bertz CT molecular complexity index is 1010. The van der Waals surface area contributed by atoms with Crippen LogP contribution in [0.4, 0.5) is 4.39 Å². The van der Waals surface area contributed by atoms with Gasteiger partial charge < -0.3 is 9.94 Å². The zero-order valence-electron chi connectivity index (χ0n) is 16.3. The number of thioether (sulfide) groups is 1. The van der Waals surface area contributed by atoms with Crippen LogP contribution in [0.15, 0.2) is 52.5 Å². The van der Waals surface area contributed by atoms with Gasteiger partial charge in [-0.05, 0) is 64.8 Å². The second-order valence-electron chi connectivity index (χ2n) is 6.63. The van der Waals surface area contributed by atoms with E-state index in [0.717, 1.165) is 33.4 Å². The first kappa shape index (κ1) is 20.9. The molecule has 6 heteroatoms. The summed E-state index contributed by atoms with van der Waals surface area (Å²) < 4.78 is 14.3. The van der Waals surface area contributed by atoms with E-state index in [1.54, 1.807) is 6.07 Å². The zero-order chi connectivity index (χ0) is 20.8. The van der Waals surface area contributed by atoms with Gasteiger partial charge in [-0.15, -0.1) is 11.8 Å². The molecule has 0 saturated heterocycles. The molecule has 0 radical (unpaired) electrons. The van der Waals surface area contributed by atoms with E-state index in [1.807, 2.05) is 37.5 Å². The van der Waals surface area contributed by atoms with Crippen molar-refractivity contribution in [3.05, 3.63) is 70.5 Å². The van der Waals surface area contributed by atoms with Gasteiger partial charge in [0.1, 0.15) is 12.4 Å². The number of carbonyl (C=O) groups is 1. The van der Waals surface area contributed by atoms with Crippen molar-refractivity contribution < 1.29 is 19.1 Å². The number of aryl methyl sites for hydroxylation is 1. The first-order valence-corrected chi connectivity index (χ1v) is 10.4. The van der Waals surface area contributed by atoms with Gasteiger partial charge in [0.15, 0.2) is 0 Å². The molecule has 2 aromatic rings. The predicted octanol–water partition coefficient (Wildman–Crippen LogP) is 5.66. The maximum Gasteiger partial charge on any atom is 0.308 e. The smallest absolute Gasteiger partial charge is 0.308 e. The summed E-state index contributed by atoms with van der Waals surface area (Å²) in [6, 6.07) is 11.5. The lowest BCUT2D eigenvalue weighted by molar-refractivity contribution is -0.135. The molecule has 2 aromatic carbocycles. The molecule has 1 aliphatic rings. The highest BCUT2D eigenvalue weighted by molar-refractivity contribution is 7.98. The van der Waals surface area contributed by atoms with E-state index < -0.39 is 5.97 Å². The fourth-order valence-corrected chi connectivity index (χ4v) is 3.76. The molecule has 3 rings (SSSR count). The van der Waals surface area contributed by atoms with Gasteiger partial charge in [0, 0.05) is 11.3 Å². The molecule has 0 amide bonds. The highest BCUT2D eigenvalue weighted by atomic mass is 32.2. The van der Waals surface area contributed by atoms with Crippen molar-refractivity contribution in [3.63, 3.8) is 0 Å². The van der Waals surface area contributed by atoms with Gasteiger partial charge >= 0.3 is 5.97 Å². The quantitative estimate of drug-likeness (QED) is 0.263. The topological polar surface area (TPSA) is 58.9 Å². The Balaban J connectivity index is 1.81.